The van der Waals surface area contributed by atoms with Crippen LogP contribution in [0.1, 0.15) is 34.6 Å². The Balaban J connectivity index is 1.59. The summed E-state index contributed by atoms with van der Waals surface area (Å²) in [4.78, 5) is 12.6. The lowest BCUT2D eigenvalue weighted by atomic mass is 9.98. The molecule has 0 radical (unpaired) electrons. The average Bonchev–Trinajstić information content (AvgIpc) is 3.20. The van der Waals surface area contributed by atoms with Crippen LogP contribution in [-0.2, 0) is 19.9 Å². The number of aryl methyl sites for hydroxylation is 2. The first-order valence-electron chi connectivity index (χ1n) is 8.10. The zero-order valence-electron chi connectivity index (χ0n) is 13.5. The van der Waals surface area contributed by atoms with E-state index < -0.39 is 0 Å². The number of carbonyl (C=O) groups excluding carboxylic acids is 1. The lowest BCUT2D eigenvalue weighted by Gasteiger charge is -2.09. The third-order valence-electron chi connectivity index (χ3n) is 4.37. The summed E-state index contributed by atoms with van der Waals surface area (Å²) >= 11 is 0. The van der Waals surface area contributed by atoms with Crippen molar-refractivity contribution in [2.75, 3.05) is 5.32 Å². The number of nitrogens with zero attached hydrogens (tertiary/aromatic N) is 3. The van der Waals surface area contributed by atoms with E-state index in [4.69, 9.17) is 4.52 Å². The summed E-state index contributed by atoms with van der Waals surface area (Å²) in [5.74, 6) is 0.230. The molecule has 2 aromatic heterocycles. The minimum atomic E-state index is -0.239. The normalized spacial score (nSPS) is 13.5. The van der Waals surface area contributed by atoms with Crippen molar-refractivity contribution in [3.8, 4) is 11.3 Å². The molecule has 0 bridgehead atoms. The number of hydrogen-bond acceptors (Lipinski definition) is 4. The average molecular weight is 322 g/mol. The van der Waals surface area contributed by atoms with Crippen LogP contribution in [0.2, 0.25) is 0 Å². The number of benzene rings is 1. The highest BCUT2D eigenvalue weighted by Crippen LogP contribution is 2.28. The maximum atomic E-state index is 12.6. The topological polar surface area (TPSA) is 73.0 Å². The van der Waals surface area contributed by atoms with Gasteiger partial charge in [0.2, 0.25) is 5.88 Å². The Labute approximate surface area is 139 Å². The Bertz CT molecular complexity index is 880. The van der Waals surface area contributed by atoms with Crippen LogP contribution in [0, 0.1) is 0 Å². The molecule has 1 aromatic carbocycles. The first kappa shape index (κ1) is 14.7. The fraction of sp³-hybridized carbons (Fsp3) is 0.278. The molecular formula is C18H18N4O2. The van der Waals surface area contributed by atoms with Gasteiger partial charge in [-0.25, -0.2) is 0 Å². The summed E-state index contributed by atoms with van der Waals surface area (Å²) in [6.45, 7) is 0. The van der Waals surface area contributed by atoms with Crippen LogP contribution in [0.15, 0.2) is 40.9 Å². The molecule has 0 unspecified atom stereocenters. The molecule has 4 rings (SSSR count). The largest absolute Gasteiger partial charge is 0.338 e. The van der Waals surface area contributed by atoms with Crippen LogP contribution >= 0.6 is 0 Å². The molecule has 0 atom stereocenters. The predicted molar refractivity (Wildman–Crippen MR) is 89.7 cm³/mol. The van der Waals surface area contributed by atoms with Gasteiger partial charge in [-0.15, -0.1) is 0 Å². The third-order valence-corrected chi connectivity index (χ3v) is 4.37. The van der Waals surface area contributed by atoms with Gasteiger partial charge < -0.3 is 4.52 Å². The smallest absolute Gasteiger partial charge is 0.276 e. The van der Waals surface area contributed by atoms with Gasteiger partial charge in [0, 0.05) is 18.2 Å². The van der Waals surface area contributed by atoms with Gasteiger partial charge in [-0.05, 0) is 31.7 Å². The van der Waals surface area contributed by atoms with Crippen LogP contribution in [0.3, 0.4) is 0 Å². The van der Waals surface area contributed by atoms with Gasteiger partial charge in [-0.1, -0.05) is 35.5 Å². The van der Waals surface area contributed by atoms with Gasteiger partial charge >= 0.3 is 0 Å². The molecule has 1 amide bonds. The fourth-order valence-corrected chi connectivity index (χ4v) is 3.09. The summed E-state index contributed by atoms with van der Waals surface area (Å²) in [5.41, 5.74) is 4.22. The zero-order valence-corrected chi connectivity index (χ0v) is 13.5. The Morgan fingerprint density at radius 2 is 2.00 bits per heavy atom. The molecule has 1 aliphatic rings. The SMILES string of the molecule is Cn1nc(-c2ccccc2)cc1C(=O)Nc1onc2c1CCCC2. The molecular weight excluding hydrogens is 304 g/mol. The number of aromatic nitrogens is 3. The van der Waals surface area contributed by atoms with Crippen molar-refractivity contribution in [3.63, 3.8) is 0 Å². The Morgan fingerprint density at radius 1 is 1.21 bits per heavy atom. The van der Waals surface area contributed by atoms with E-state index in [-0.39, 0.29) is 5.91 Å². The molecule has 0 aliphatic heterocycles. The lowest BCUT2D eigenvalue weighted by molar-refractivity contribution is 0.101. The Morgan fingerprint density at radius 3 is 2.83 bits per heavy atom. The second-order valence-electron chi connectivity index (χ2n) is 6.00. The van der Waals surface area contributed by atoms with Crippen LogP contribution < -0.4 is 5.32 Å². The Kier molecular flexibility index (Phi) is 3.65. The number of hydrogen-bond donors (Lipinski definition) is 1. The minimum Gasteiger partial charge on any atom is -0.338 e. The van der Waals surface area contributed by atoms with Crippen molar-refractivity contribution < 1.29 is 9.32 Å². The van der Waals surface area contributed by atoms with Crippen LogP contribution in [0.4, 0.5) is 5.88 Å². The second-order valence-corrected chi connectivity index (χ2v) is 6.00. The number of anilines is 1. The van der Waals surface area contributed by atoms with Crippen LogP contribution in [0.5, 0.6) is 0 Å². The number of carbonyl (C=O) groups is 1. The monoisotopic (exact) mass is 322 g/mol. The first-order valence-corrected chi connectivity index (χ1v) is 8.10. The summed E-state index contributed by atoms with van der Waals surface area (Å²) < 4.78 is 6.91. The van der Waals surface area contributed by atoms with Gasteiger partial charge in [-0.3, -0.25) is 14.8 Å². The lowest BCUT2D eigenvalue weighted by Crippen LogP contribution is -2.17. The minimum absolute atomic E-state index is 0.239. The van der Waals surface area contributed by atoms with Crippen molar-refractivity contribution in [1.29, 1.82) is 0 Å². The van der Waals surface area contributed by atoms with E-state index in [1.165, 1.54) is 0 Å². The van der Waals surface area contributed by atoms with Gasteiger partial charge in [0.15, 0.2) is 0 Å². The molecule has 0 saturated heterocycles. The van der Waals surface area contributed by atoms with E-state index >= 15 is 0 Å². The predicted octanol–water partition coefficient (Wildman–Crippen LogP) is 3.21. The number of fused-ring (bicyclic) bond motifs is 1. The molecule has 122 valence electrons. The van der Waals surface area contributed by atoms with Crippen molar-refractivity contribution in [2.45, 2.75) is 25.7 Å². The van der Waals surface area contributed by atoms with Gasteiger partial charge in [0.05, 0.1) is 11.4 Å². The van der Waals surface area contributed by atoms with Crippen molar-refractivity contribution in [3.05, 3.63) is 53.3 Å². The quantitative estimate of drug-likeness (QED) is 0.803. The first-order chi connectivity index (χ1) is 11.7. The van der Waals surface area contributed by atoms with E-state index in [1.54, 1.807) is 17.8 Å². The van der Waals surface area contributed by atoms with Crippen LogP contribution in [0.25, 0.3) is 11.3 Å². The van der Waals surface area contributed by atoms with E-state index in [9.17, 15) is 4.79 Å². The van der Waals surface area contributed by atoms with Crippen molar-refractivity contribution in [1.82, 2.24) is 14.9 Å². The number of amides is 1. The molecule has 6 nitrogen and oxygen atoms in total. The van der Waals surface area contributed by atoms with Gasteiger partial charge in [0.25, 0.3) is 5.91 Å². The summed E-state index contributed by atoms with van der Waals surface area (Å²) in [5, 5.41) is 11.3. The highest BCUT2D eigenvalue weighted by molar-refractivity contribution is 6.03. The second kappa shape index (κ2) is 5.96. The molecule has 0 fully saturated rings. The number of nitrogens with one attached hydrogen (secondary N) is 1. The zero-order chi connectivity index (χ0) is 16.5. The maximum Gasteiger partial charge on any atom is 0.276 e. The van der Waals surface area contributed by atoms with E-state index in [0.29, 0.717) is 11.6 Å². The van der Waals surface area contributed by atoms with Crippen molar-refractivity contribution in [2.24, 2.45) is 7.05 Å². The summed E-state index contributed by atoms with van der Waals surface area (Å²) in [7, 11) is 1.76. The number of rotatable bonds is 3. The third kappa shape index (κ3) is 2.60. The van der Waals surface area contributed by atoms with E-state index in [2.05, 4.69) is 15.6 Å². The van der Waals surface area contributed by atoms with Gasteiger partial charge in [-0.2, -0.15) is 5.10 Å². The molecule has 1 N–H and O–H groups in total. The van der Waals surface area contributed by atoms with E-state index in [0.717, 1.165) is 48.2 Å². The van der Waals surface area contributed by atoms with Crippen molar-refractivity contribution >= 4 is 11.8 Å². The van der Waals surface area contributed by atoms with E-state index in [1.807, 2.05) is 30.3 Å². The molecule has 24 heavy (non-hydrogen) atoms. The molecule has 2 heterocycles. The summed E-state index contributed by atoms with van der Waals surface area (Å²) in [6.07, 6.45) is 4.03. The molecule has 0 spiro atoms. The molecule has 0 saturated carbocycles. The maximum absolute atomic E-state index is 12.6. The summed E-state index contributed by atoms with van der Waals surface area (Å²) in [6, 6.07) is 11.6. The molecule has 6 heteroatoms. The highest BCUT2D eigenvalue weighted by Gasteiger charge is 2.22. The molecule has 3 aromatic rings. The van der Waals surface area contributed by atoms with Crippen LogP contribution in [-0.4, -0.2) is 20.8 Å². The Hall–Kier alpha value is -2.89. The fourth-order valence-electron chi connectivity index (χ4n) is 3.09. The highest BCUT2D eigenvalue weighted by atomic mass is 16.5. The van der Waals surface area contributed by atoms with Gasteiger partial charge in [0.1, 0.15) is 5.69 Å². The molecule has 1 aliphatic carbocycles. The standard InChI is InChI=1S/C18H18N4O2/c1-22-16(11-15(20-22)12-7-3-2-4-8-12)17(23)19-18-13-9-5-6-10-14(13)21-24-18/h2-4,7-8,11H,5-6,9-10H2,1H3,(H,19,23).